The number of unbranched alkanes of at least 4 members (excludes halogenated alkanes) is 30. The van der Waals surface area contributed by atoms with Gasteiger partial charge in [-0.05, 0) is 31.1 Å². The molecule has 0 aromatic carbocycles. The summed E-state index contributed by atoms with van der Waals surface area (Å²) in [7, 11) is 0. The van der Waals surface area contributed by atoms with E-state index in [2.05, 4.69) is 34.6 Å². The normalized spacial score (nSPS) is 12.1. The van der Waals surface area contributed by atoms with Gasteiger partial charge >= 0.3 is 17.9 Å². The highest BCUT2D eigenvalue weighted by Gasteiger charge is 2.19. The molecular formula is C51H98O6. The first-order chi connectivity index (χ1) is 27.7. The van der Waals surface area contributed by atoms with E-state index >= 15 is 0 Å². The Bertz CT molecular complexity index is 870. The molecule has 6 nitrogen and oxygen atoms in total. The lowest BCUT2D eigenvalue weighted by molar-refractivity contribution is -0.167. The average Bonchev–Trinajstić information content (AvgIpc) is 3.18. The Morgan fingerprint density at radius 3 is 0.860 bits per heavy atom. The number of hydrogen-bond acceptors (Lipinski definition) is 6. The minimum Gasteiger partial charge on any atom is -0.462 e. The van der Waals surface area contributed by atoms with Crippen LogP contribution in [0.5, 0.6) is 0 Å². The molecule has 338 valence electrons. The van der Waals surface area contributed by atoms with E-state index in [0.717, 1.165) is 69.6 Å². The average molecular weight is 807 g/mol. The zero-order chi connectivity index (χ0) is 41.9. The van der Waals surface area contributed by atoms with Crippen LogP contribution in [-0.2, 0) is 28.6 Å². The predicted molar refractivity (Wildman–Crippen MR) is 243 cm³/mol. The van der Waals surface area contributed by atoms with Gasteiger partial charge in [-0.15, -0.1) is 0 Å². The molecular weight excluding hydrogens is 709 g/mol. The maximum atomic E-state index is 12.7. The quantitative estimate of drug-likeness (QED) is 0.0346. The van der Waals surface area contributed by atoms with E-state index in [9.17, 15) is 14.4 Å². The fourth-order valence-corrected chi connectivity index (χ4v) is 7.64. The van der Waals surface area contributed by atoms with E-state index in [1.807, 2.05) is 0 Å². The van der Waals surface area contributed by atoms with Crippen molar-refractivity contribution < 1.29 is 28.6 Å². The molecule has 0 aromatic rings. The molecule has 1 atom stereocenters. The Labute approximate surface area is 355 Å². The Morgan fingerprint density at radius 2 is 0.579 bits per heavy atom. The van der Waals surface area contributed by atoms with Gasteiger partial charge in [-0.3, -0.25) is 14.4 Å². The zero-order valence-corrected chi connectivity index (χ0v) is 39.0. The summed E-state index contributed by atoms with van der Waals surface area (Å²) in [6.45, 7) is 11.3. The van der Waals surface area contributed by atoms with Gasteiger partial charge in [0.25, 0.3) is 0 Å². The maximum Gasteiger partial charge on any atom is 0.306 e. The Morgan fingerprint density at radius 1 is 0.333 bits per heavy atom. The summed E-state index contributed by atoms with van der Waals surface area (Å²) in [6, 6.07) is 0. The van der Waals surface area contributed by atoms with Gasteiger partial charge in [-0.25, -0.2) is 0 Å². The van der Waals surface area contributed by atoms with Crippen molar-refractivity contribution in [1.82, 2.24) is 0 Å². The molecule has 0 saturated carbocycles. The molecule has 0 rings (SSSR count). The van der Waals surface area contributed by atoms with E-state index in [4.69, 9.17) is 14.2 Å². The summed E-state index contributed by atoms with van der Waals surface area (Å²) < 4.78 is 16.8. The smallest absolute Gasteiger partial charge is 0.306 e. The van der Waals surface area contributed by atoms with Crippen molar-refractivity contribution in [2.24, 2.45) is 11.8 Å². The van der Waals surface area contributed by atoms with Gasteiger partial charge in [0.05, 0.1) is 0 Å². The lowest BCUT2D eigenvalue weighted by Crippen LogP contribution is -2.30. The molecule has 0 heterocycles. The SMILES string of the molecule is CCCCCCCCCCCCCCCCCC(=O)OC[C@H](COC(=O)CCCCCCCCCCCCCCC(C)C)OC(=O)CCCCCCCCC(C)C. The standard InChI is InChI=1S/C51H98O6/c1-6-7-8-9-10-11-12-13-14-15-19-22-25-31-36-41-49(52)55-44-48(57-51(54)43-38-33-28-27-30-35-40-47(4)5)45-56-50(53)42-37-32-26-23-20-17-16-18-21-24-29-34-39-46(2)3/h46-48H,6-45H2,1-5H3/t48-/m1/s1. The number of rotatable bonds is 45. The lowest BCUT2D eigenvalue weighted by atomic mass is 10.0. The topological polar surface area (TPSA) is 78.9 Å². The van der Waals surface area contributed by atoms with E-state index in [0.29, 0.717) is 19.3 Å². The van der Waals surface area contributed by atoms with Gasteiger partial charge in [-0.2, -0.15) is 0 Å². The van der Waals surface area contributed by atoms with Gasteiger partial charge < -0.3 is 14.2 Å². The molecule has 0 amide bonds. The van der Waals surface area contributed by atoms with Crippen molar-refractivity contribution in [1.29, 1.82) is 0 Å². The molecule has 0 N–H and O–H groups in total. The largest absolute Gasteiger partial charge is 0.462 e. The molecule has 0 fully saturated rings. The minimum absolute atomic E-state index is 0.0649. The molecule has 0 aliphatic rings. The third-order valence-electron chi connectivity index (χ3n) is 11.5. The second-order valence-corrected chi connectivity index (χ2v) is 18.4. The summed E-state index contributed by atoms with van der Waals surface area (Å²) in [5.74, 6) is 0.738. The Kier molecular flexibility index (Phi) is 42.7. The van der Waals surface area contributed by atoms with Gasteiger partial charge in [0.2, 0.25) is 0 Å². The van der Waals surface area contributed by atoms with Crippen LogP contribution in [0.4, 0.5) is 0 Å². The third kappa shape index (κ3) is 45.3. The summed E-state index contributed by atoms with van der Waals surface area (Å²) >= 11 is 0. The van der Waals surface area contributed by atoms with Crippen LogP contribution in [-0.4, -0.2) is 37.2 Å². The van der Waals surface area contributed by atoms with Gasteiger partial charge in [0.1, 0.15) is 13.2 Å². The van der Waals surface area contributed by atoms with Gasteiger partial charge in [0, 0.05) is 19.3 Å². The molecule has 0 aliphatic carbocycles. The molecule has 6 heteroatoms. The second-order valence-electron chi connectivity index (χ2n) is 18.4. The lowest BCUT2D eigenvalue weighted by Gasteiger charge is -2.18. The number of esters is 3. The van der Waals surface area contributed by atoms with E-state index < -0.39 is 6.10 Å². The van der Waals surface area contributed by atoms with Crippen molar-refractivity contribution in [3.8, 4) is 0 Å². The predicted octanol–water partition coefficient (Wildman–Crippen LogP) is 16.1. The van der Waals surface area contributed by atoms with E-state index in [1.54, 1.807) is 0 Å². The molecule has 0 saturated heterocycles. The Balaban J connectivity index is 4.25. The number of ether oxygens (including phenoxy) is 3. The van der Waals surface area contributed by atoms with Crippen LogP contribution in [0.1, 0.15) is 279 Å². The molecule has 0 bridgehead atoms. The van der Waals surface area contributed by atoms with Crippen LogP contribution in [0.2, 0.25) is 0 Å². The molecule has 0 spiro atoms. The van der Waals surface area contributed by atoms with Crippen molar-refractivity contribution in [2.45, 2.75) is 285 Å². The van der Waals surface area contributed by atoms with Crippen LogP contribution in [0.25, 0.3) is 0 Å². The third-order valence-corrected chi connectivity index (χ3v) is 11.5. The zero-order valence-electron chi connectivity index (χ0n) is 39.0. The fourth-order valence-electron chi connectivity index (χ4n) is 7.64. The summed E-state index contributed by atoms with van der Waals surface area (Å²) in [6.07, 6.45) is 43.9. The van der Waals surface area contributed by atoms with Crippen molar-refractivity contribution >= 4 is 17.9 Å². The van der Waals surface area contributed by atoms with E-state index in [-0.39, 0.29) is 31.1 Å². The molecule has 0 aromatic heterocycles. The number of hydrogen-bond donors (Lipinski definition) is 0. The Hall–Kier alpha value is -1.59. The highest BCUT2D eigenvalue weighted by atomic mass is 16.6. The first kappa shape index (κ1) is 55.4. The van der Waals surface area contributed by atoms with Crippen LogP contribution < -0.4 is 0 Å². The maximum absolute atomic E-state index is 12.7. The van der Waals surface area contributed by atoms with Crippen LogP contribution in [0.3, 0.4) is 0 Å². The second kappa shape index (κ2) is 44.0. The monoisotopic (exact) mass is 807 g/mol. The minimum atomic E-state index is -0.762. The van der Waals surface area contributed by atoms with Crippen molar-refractivity contribution in [3.05, 3.63) is 0 Å². The van der Waals surface area contributed by atoms with Crippen LogP contribution in [0, 0.1) is 11.8 Å². The van der Waals surface area contributed by atoms with Crippen molar-refractivity contribution in [3.63, 3.8) is 0 Å². The van der Waals surface area contributed by atoms with Gasteiger partial charge in [-0.1, -0.05) is 240 Å². The molecule has 0 aliphatic heterocycles. The van der Waals surface area contributed by atoms with Crippen molar-refractivity contribution in [2.75, 3.05) is 13.2 Å². The first-order valence-electron chi connectivity index (χ1n) is 25.2. The summed E-state index contributed by atoms with van der Waals surface area (Å²) in [4.78, 5) is 37.8. The van der Waals surface area contributed by atoms with Gasteiger partial charge in [0.15, 0.2) is 6.10 Å². The van der Waals surface area contributed by atoms with Crippen LogP contribution in [0.15, 0.2) is 0 Å². The summed E-state index contributed by atoms with van der Waals surface area (Å²) in [5, 5.41) is 0. The highest BCUT2D eigenvalue weighted by Crippen LogP contribution is 2.17. The molecule has 57 heavy (non-hydrogen) atoms. The molecule has 0 radical (unpaired) electrons. The van der Waals surface area contributed by atoms with E-state index in [1.165, 1.54) is 167 Å². The molecule has 0 unspecified atom stereocenters. The number of carbonyl (C=O) groups excluding carboxylic acids is 3. The van der Waals surface area contributed by atoms with Crippen LogP contribution >= 0.6 is 0 Å². The number of carbonyl (C=O) groups is 3. The first-order valence-corrected chi connectivity index (χ1v) is 25.2. The highest BCUT2D eigenvalue weighted by molar-refractivity contribution is 5.71. The fraction of sp³-hybridized carbons (Fsp3) is 0.941. The summed E-state index contributed by atoms with van der Waals surface area (Å²) in [5.41, 5.74) is 0.